The molecule has 0 N–H and O–H groups in total. The molecule has 4 nitrogen and oxygen atoms in total. The molecule has 10 heavy (non-hydrogen) atoms. The second-order valence-corrected chi connectivity index (χ2v) is 2.68. The standard InChI is InChI=1S/C6H11NO3/c1-6(2,3)9-5(8)10-7-4/h4H2,1-3H3. The van der Waals surface area contributed by atoms with E-state index in [0.717, 1.165) is 0 Å². The lowest BCUT2D eigenvalue weighted by Crippen LogP contribution is -2.23. The molecule has 0 saturated heterocycles. The number of nitrogens with zero attached hydrogens (tertiary/aromatic N) is 1. The largest absolute Gasteiger partial charge is 0.535 e. The number of carbonyl (C=O) groups is 1. The molecule has 0 unspecified atom stereocenters. The Labute approximate surface area is 59.8 Å². The van der Waals surface area contributed by atoms with E-state index in [-0.39, 0.29) is 0 Å². The Balaban J connectivity index is 3.68. The highest BCUT2D eigenvalue weighted by Crippen LogP contribution is 2.07. The first kappa shape index (κ1) is 8.94. The number of oxime groups is 1. The molecule has 0 aromatic rings. The summed E-state index contributed by atoms with van der Waals surface area (Å²) in [5, 5.41) is 2.90. The fourth-order valence-corrected chi connectivity index (χ4v) is 0.321. The highest BCUT2D eigenvalue weighted by molar-refractivity contribution is 5.60. The van der Waals surface area contributed by atoms with Crippen LogP contribution < -0.4 is 0 Å². The van der Waals surface area contributed by atoms with Crippen LogP contribution in [0.15, 0.2) is 5.16 Å². The van der Waals surface area contributed by atoms with Gasteiger partial charge in [0, 0.05) is 6.72 Å². The molecule has 0 spiro atoms. The number of hydrogen-bond acceptors (Lipinski definition) is 4. The Morgan fingerprint density at radius 1 is 1.50 bits per heavy atom. The SMILES string of the molecule is C=NOC(=O)OC(C)(C)C. The normalized spacial score (nSPS) is 10.3. The van der Waals surface area contributed by atoms with Gasteiger partial charge in [0.2, 0.25) is 0 Å². The van der Waals surface area contributed by atoms with Crippen molar-refractivity contribution in [3.8, 4) is 0 Å². The molecule has 4 heteroatoms. The molecule has 0 rings (SSSR count). The maximum atomic E-state index is 10.5. The van der Waals surface area contributed by atoms with Crippen molar-refractivity contribution in [3.63, 3.8) is 0 Å². The summed E-state index contributed by atoms with van der Waals surface area (Å²) in [5.41, 5.74) is -0.540. The average Bonchev–Trinajstić information content (AvgIpc) is 1.59. The second-order valence-electron chi connectivity index (χ2n) is 2.68. The van der Waals surface area contributed by atoms with Gasteiger partial charge in [0.25, 0.3) is 0 Å². The summed E-state index contributed by atoms with van der Waals surface area (Å²) in [5.74, 6) is 0. The number of carbonyl (C=O) groups excluding carboxylic acids is 1. The fourth-order valence-electron chi connectivity index (χ4n) is 0.321. The molecule has 0 radical (unpaired) electrons. The molecule has 0 amide bonds. The molecular weight excluding hydrogens is 134 g/mol. The first-order valence-electron chi connectivity index (χ1n) is 2.82. The van der Waals surface area contributed by atoms with Crippen LogP contribution in [0.5, 0.6) is 0 Å². The quantitative estimate of drug-likeness (QED) is 0.243. The molecule has 0 aliphatic heterocycles. The molecule has 0 fully saturated rings. The minimum Gasteiger partial charge on any atom is -0.427 e. The molecule has 0 saturated carbocycles. The smallest absolute Gasteiger partial charge is 0.427 e. The summed E-state index contributed by atoms with van der Waals surface area (Å²) < 4.78 is 4.68. The predicted octanol–water partition coefficient (Wildman–Crippen LogP) is 1.55. The van der Waals surface area contributed by atoms with Crippen LogP contribution in [0.3, 0.4) is 0 Å². The third-order valence-electron chi connectivity index (χ3n) is 0.529. The molecule has 58 valence electrons. The van der Waals surface area contributed by atoms with E-state index in [9.17, 15) is 4.79 Å². The van der Waals surface area contributed by atoms with Gasteiger partial charge in [-0.1, -0.05) is 5.16 Å². The van der Waals surface area contributed by atoms with Crippen molar-refractivity contribution in [2.75, 3.05) is 0 Å². The van der Waals surface area contributed by atoms with E-state index in [1.807, 2.05) is 0 Å². The molecule has 0 aliphatic rings. The van der Waals surface area contributed by atoms with Crippen LogP contribution in [0, 0.1) is 0 Å². The topological polar surface area (TPSA) is 47.9 Å². The Bertz CT molecular complexity index is 136. The predicted molar refractivity (Wildman–Crippen MR) is 36.9 cm³/mol. The molecule has 0 heterocycles. The average molecular weight is 145 g/mol. The van der Waals surface area contributed by atoms with Crippen molar-refractivity contribution < 1.29 is 14.4 Å². The van der Waals surface area contributed by atoms with Crippen molar-refractivity contribution in [2.45, 2.75) is 26.4 Å². The maximum absolute atomic E-state index is 10.5. The zero-order valence-electron chi connectivity index (χ0n) is 6.38. The van der Waals surface area contributed by atoms with E-state index >= 15 is 0 Å². The number of hydrogen-bond donors (Lipinski definition) is 0. The molecule has 0 atom stereocenters. The van der Waals surface area contributed by atoms with E-state index in [2.05, 4.69) is 21.4 Å². The van der Waals surface area contributed by atoms with Gasteiger partial charge >= 0.3 is 6.16 Å². The molecular formula is C6H11NO3. The summed E-state index contributed by atoms with van der Waals surface area (Å²) >= 11 is 0. The van der Waals surface area contributed by atoms with E-state index in [1.54, 1.807) is 20.8 Å². The lowest BCUT2D eigenvalue weighted by molar-refractivity contribution is -0.00570. The minimum atomic E-state index is -0.831. The van der Waals surface area contributed by atoms with Crippen LogP contribution in [0.2, 0.25) is 0 Å². The number of rotatable bonds is 1. The van der Waals surface area contributed by atoms with Gasteiger partial charge in [0.05, 0.1) is 0 Å². The van der Waals surface area contributed by atoms with Crippen molar-refractivity contribution in [1.82, 2.24) is 0 Å². The zero-order chi connectivity index (χ0) is 8.20. The van der Waals surface area contributed by atoms with Gasteiger partial charge in [0.1, 0.15) is 5.60 Å². The summed E-state index contributed by atoms with van der Waals surface area (Å²) in [4.78, 5) is 14.6. The number of ether oxygens (including phenoxy) is 1. The third kappa shape index (κ3) is 5.08. The summed E-state index contributed by atoms with van der Waals surface area (Å²) in [6.45, 7) is 8.16. The van der Waals surface area contributed by atoms with Gasteiger partial charge in [-0.25, -0.2) is 4.79 Å². The lowest BCUT2D eigenvalue weighted by atomic mass is 10.2. The second kappa shape index (κ2) is 3.20. The first-order valence-corrected chi connectivity index (χ1v) is 2.82. The first-order chi connectivity index (χ1) is 4.45. The van der Waals surface area contributed by atoms with E-state index in [0.29, 0.717) is 0 Å². The van der Waals surface area contributed by atoms with Crippen molar-refractivity contribution in [1.29, 1.82) is 0 Å². The van der Waals surface area contributed by atoms with Gasteiger partial charge < -0.3 is 4.74 Å². The van der Waals surface area contributed by atoms with Gasteiger partial charge in [-0.2, -0.15) is 0 Å². The summed E-state index contributed by atoms with van der Waals surface area (Å²) in [6.07, 6.45) is -0.831. The highest BCUT2D eigenvalue weighted by atomic mass is 16.8. The monoisotopic (exact) mass is 145 g/mol. The van der Waals surface area contributed by atoms with Crippen LogP contribution in [-0.4, -0.2) is 18.5 Å². The van der Waals surface area contributed by atoms with Crippen LogP contribution in [0.1, 0.15) is 20.8 Å². The summed E-state index contributed by atoms with van der Waals surface area (Å²) in [6, 6.07) is 0. The van der Waals surface area contributed by atoms with Crippen LogP contribution in [0.4, 0.5) is 4.79 Å². The Morgan fingerprint density at radius 3 is 2.30 bits per heavy atom. The molecule has 0 aromatic carbocycles. The van der Waals surface area contributed by atoms with E-state index < -0.39 is 11.8 Å². The van der Waals surface area contributed by atoms with Crippen LogP contribution in [-0.2, 0) is 9.57 Å². The van der Waals surface area contributed by atoms with E-state index in [4.69, 9.17) is 0 Å². The molecule has 0 bridgehead atoms. The van der Waals surface area contributed by atoms with Crippen molar-refractivity contribution in [3.05, 3.63) is 0 Å². The maximum Gasteiger partial charge on any atom is 0.535 e. The lowest BCUT2D eigenvalue weighted by Gasteiger charge is -2.16. The van der Waals surface area contributed by atoms with Crippen LogP contribution in [0.25, 0.3) is 0 Å². The van der Waals surface area contributed by atoms with Gasteiger partial charge in [-0.05, 0) is 20.8 Å². The van der Waals surface area contributed by atoms with Crippen molar-refractivity contribution in [2.24, 2.45) is 5.16 Å². The minimum absolute atomic E-state index is 0.540. The Kier molecular flexibility index (Phi) is 2.86. The van der Waals surface area contributed by atoms with Gasteiger partial charge in [-0.15, -0.1) is 0 Å². The van der Waals surface area contributed by atoms with Gasteiger partial charge in [0.15, 0.2) is 0 Å². The van der Waals surface area contributed by atoms with Crippen LogP contribution >= 0.6 is 0 Å². The van der Waals surface area contributed by atoms with Crippen molar-refractivity contribution >= 4 is 12.9 Å². The fraction of sp³-hybridized carbons (Fsp3) is 0.667. The van der Waals surface area contributed by atoms with E-state index in [1.165, 1.54) is 0 Å². The highest BCUT2D eigenvalue weighted by Gasteiger charge is 2.16. The van der Waals surface area contributed by atoms with Gasteiger partial charge in [-0.3, -0.25) is 4.84 Å². The molecule has 0 aromatic heterocycles. The molecule has 0 aliphatic carbocycles. The zero-order valence-corrected chi connectivity index (χ0v) is 6.38. The third-order valence-corrected chi connectivity index (χ3v) is 0.529. The Morgan fingerprint density at radius 2 is 2.00 bits per heavy atom. The summed E-state index contributed by atoms with van der Waals surface area (Å²) in [7, 11) is 0. The Hall–Kier alpha value is -1.06.